The molecule has 0 saturated carbocycles. The van der Waals surface area contributed by atoms with Crippen molar-refractivity contribution in [3.05, 3.63) is 14.7 Å². The molecule has 1 unspecified atom stereocenters. The van der Waals surface area contributed by atoms with E-state index in [-0.39, 0.29) is 0 Å². The third kappa shape index (κ3) is 2.58. The quantitative estimate of drug-likeness (QED) is 0.592. The fraction of sp³-hybridized carbons (Fsp3) is 0.600. The first-order chi connectivity index (χ1) is 6.00. The largest absolute Gasteiger partial charge is 0.317 e. The summed E-state index contributed by atoms with van der Waals surface area (Å²) >= 11 is 0. The van der Waals surface area contributed by atoms with E-state index in [4.69, 9.17) is 0 Å². The van der Waals surface area contributed by atoms with Crippen LogP contribution in [-0.2, 0) is 9.59 Å². The van der Waals surface area contributed by atoms with Crippen molar-refractivity contribution in [2.45, 2.75) is 18.9 Å². The van der Waals surface area contributed by atoms with Gasteiger partial charge in [-0.1, -0.05) is 5.18 Å². The molecule has 8 nitrogen and oxygen atoms in total. The van der Waals surface area contributed by atoms with Crippen LogP contribution >= 0.6 is 0 Å². The monoisotopic (exact) mass is 187 g/mol. The van der Waals surface area contributed by atoms with Gasteiger partial charge in [0.25, 0.3) is 5.91 Å². The molecule has 0 aromatic rings. The summed E-state index contributed by atoms with van der Waals surface area (Å²) in [6.07, 6.45) is -0.843. The van der Waals surface area contributed by atoms with Crippen LogP contribution in [0.5, 0.6) is 0 Å². The van der Waals surface area contributed by atoms with Gasteiger partial charge in [0, 0.05) is 10.4 Å². The molecule has 0 aromatic carbocycles. The maximum Gasteiger partial charge on any atom is 0.317 e. The van der Waals surface area contributed by atoms with E-state index in [1.165, 1.54) is 0 Å². The van der Waals surface area contributed by atoms with Crippen molar-refractivity contribution < 1.29 is 9.59 Å². The predicted octanol–water partition coefficient (Wildman–Crippen LogP) is 0.488. The van der Waals surface area contributed by atoms with Gasteiger partial charge in [0.2, 0.25) is 0 Å². The highest BCUT2D eigenvalue weighted by Gasteiger charge is 2.39. The maximum atomic E-state index is 10.6. The molecule has 0 heterocycles. The van der Waals surface area contributed by atoms with Gasteiger partial charge < -0.3 is 0 Å². The third-order valence-corrected chi connectivity index (χ3v) is 1.34. The van der Waals surface area contributed by atoms with Crippen LogP contribution in [0.15, 0.2) is 15.5 Å². The molecule has 0 bridgehead atoms. The summed E-state index contributed by atoms with van der Waals surface area (Å²) in [7, 11) is 0. The zero-order valence-corrected chi connectivity index (χ0v) is 6.59. The number of amides is 2. The van der Waals surface area contributed by atoms with Crippen LogP contribution in [0.3, 0.4) is 0 Å². The third-order valence-electron chi connectivity index (χ3n) is 1.34. The standard InChI is InChI=1S/C5H5N3O5/c1-5(8-13,4(10)7-12)2-3(9)6-11/h2H2,1H3. The van der Waals surface area contributed by atoms with Gasteiger partial charge >= 0.3 is 5.91 Å². The second-order valence-corrected chi connectivity index (χ2v) is 2.42. The van der Waals surface area contributed by atoms with E-state index in [0.29, 0.717) is 0 Å². The predicted molar refractivity (Wildman–Crippen MR) is 40.4 cm³/mol. The van der Waals surface area contributed by atoms with E-state index in [2.05, 4.69) is 5.18 Å². The molecule has 0 aliphatic rings. The van der Waals surface area contributed by atoms with Gasteiger partial charge in [-0.2, -0.15) is 0 Å². The van der Waals surface area contributed by atoms with Crippen LogP contribution in [0.1, 0.15) is 13.3 Å². The molecule has 70 valence electrons. The van der Waals surface area contributed by atoms with E-state index in [1.807, 2.05) is 10.4 Å². The minimum absolute atomic E-state index is 0.843. The first-order valence-corrected chi connectivity index (χ1v) is 3.08. The van der Waals surface area contributed by atoms with Gasteiger partial charge in [-0.05, 0) is 6.92 Å². The van der Waals surface area contributed by atoms with E-state index in [0.717, 1.165) is 6.92 Å². The molecule has 0 rings (SSSR count). The number of carbonyl (C=O) groups excluding carboxylic acids is 2. The average molecular weight is 187 g/mol. The Bertz CT molecular complexity index is 275. The van der Waals surface area contributed by atoms with Crippen molar-refractivity contribution in [3.63, 3.8) is 0 Å². The Morgan fingerprint density at radius 3 is 2.00 bits per heavy atom. The fourth-order valence-electron chi connectivity index (χ4n) is 0.572. The number of nitrogens with zero attached hydrogens (tertiary/aromatic N) is 3. The zero-order valence-electron chi connectivity index (χ0n) is 6.59. The molecule has 1 atom stereocenters. The minimum Gasteiger partial charge on any atom is -0.269 e. The van der Waals surface area contributed by atoms with Crippen molar-refractivity contribution in [3.8, 4) is 0 Å². The van der Waals surface area contributed by atoms with E-state index in [1.54, 1.807) is 0 Å². The van der Waals surface area contributed by atoms with Crippen LogP contribution < -0.4 is 0 Å². The molecule has 8 heteroatoms. The normalized spacial score (nSPS) is 13.9. The lowest BCUT2D eigenvalue weighted by Gasteiger charge is -2.11. The summed E-state index contributed by atoms with van der Waals surface area (Å²) in [6, 6.07) is 0. The second kappa shape index (κ2) is 4.24. The van der Waals surface area contributed by atoms with Crippen molar-refractivity contribution in [1.29, 1.82) is 0 Å². The highest BCUT2D eigenvalue weighted by atomic mass is 16.3. The summed E-state index contributed by atoms with van der Waals surface area (Å²) in [5.41, 5.74) is -2.12. The fourth-order valence-corrected chi connectivity index (χ4v) is 0.572. The van der Waals surface area contributed by atoms with Gasteiger partial charge in [-0.15, -0.1) is 14.7 Å². The zero-order chi connectivity index (χ0) is 10.5. The lowest BCUT2D eigenvalue weighted by Crippen LogP contribution is -2.33. The maximum absolute atomic E-state index is 10.6. The molecular formula is C5H5N3O5. The molecule has 0 aliphatic carbocycles. The molecule has 13 heavy (non-hydrogen) atoms. The van der Waals surface area contributed by atoms with E-state index < -0.39 is 23.8 Å². The Kier molecular flexibility index (Phi) is 3.63. The Hall–Kier alpha value is -1.86. The highest BCUT2D eigenvalue weighted by Crippen LogP contribution is 2.17. The molecule has 0 fully saturated rings. The molecular weight excluding hydrogens is 182 g/mol. The Balaban J connectivity index is 4.73. The van der Waals surface area contributed by atoms with Gasteiger partial charge in [-0.25, -0.2) is 0 Å². The lowest BCUT2D eigenvalue weighted by molar-refractivity contribution is -0.127. The number of nitroso groups, excluding NO2 is 3. The van der Waals surface area contributed by atoms with Gasteiger partial charge in [0.1, 0.15) is 0 Å². The second-order valence-electron chi connectivity index (χ2n) is 2.42. The Morgan fingerprint density at radius 2 is 1.69 bits per heavy atom. The van der Waals surface area contributed by atoms with Crippen molar-refractivity contribution in [2.24, 2.45) is 15.5 Å². The average Bonchev–Trinajstić information content (AvgIpc) is 2.15. The molecule has 0 aliphatic heterocycles. The van der Waals surface area contributed by atoms with E-state index in [9.17, 15) is 24.3 Å². The molecule has 0 aromatic heterocycles. The van der Waals surface area contributed by atoms with Crippen LogP contribution in [0, 0.1) is 14.7 Å². The number of carbonyl (C=O) groups is 2. The topological polar surface area (TPSA) is 122 Å². The molecule has 0 spiro atoms. The summed E-state index contributed by atoms with van der Waals surface area (Å²) in [5.74, 6) is -2.64. The summed E-state index contributed by atoms with van der Waals surface area (Å²) < 4.78 is 0. The molecule has 0 saturated heterocycles. The minimum atomic E-state index is -2.12. The molecule has 0 radical (unpaired) electrons. The number of rotatable bonds is 4. The molecule has 2 amide bonds. The smallest absolute Gasteiger partial charge is 0.269 e. The molecule has 0 N–H and O–H groups in total. The van der Waals surface area contributed by atoms with Gasteiger partial charge in [-0.3, -0.25) is 9.59 Å². The summed E-state index contributed by atoms with van der Waals surface area (Å²) in [5, 5.41) is 6.16. The summed E-state index contributed by atoms with van der Waals surface area (Å²) in [4.78, 5) is 50.6. The lowest BCUT2D eigenvalue weighted by atomic mass is 9.98. The summed E-state index contributed by atoms with van der Waals surface area (Å²) in [6.45, 7) is 0.923. The van der Waals surface area contributed by atoms with Crippen LogP contribution in [0.4, 0.5) is 0 Å². The first kappa shape index (κ1) is 11.1. The Labute approximate surface area is 71.6 Å². The van der Waals surface area contributed by atoms with Crippen molar-refractivity contribution in [1.82, 2.24) is 0 Å². The van der Waals surface area contributed by atoms with E-state index >= 15 is 0 Å². The van der Waals surface area contributed by atoms with Crippen LogP contribution in [0.2, 0.25) is 0 Å². The van der Waals surface area contributed by atoms with Gasteiger partial charge in [0.05, 0.1) is 6.42 Å². The number of hydrogen-bond donors (Lipinski definition) is 0. The van der Waals surface area contributed by atoms with Crippen LogP contribution in [0.25, 0.3) is 0 Å². The highest BCUT2D eigenvalue weighted by molar-refractivity contribution is 5.92. The van der Waals surface area contributed by atoms with Crippen molar-refractivity contribution >= 4 is 11.8 Å². The van der Waals surface area contributed by atoms with Crippen LogP contribution in [-0.4, -0.2) is 17.4 Å². The van der Waals surface area contributed by atoms with Gasteiger partial charge in [0.15, 0.2) is 5.54 Å². The first-order valence-electron chi connectivity index (χ1n) is 3.08. The SMILES string of the molecule is CC(CC(=O)N=O)(N=O)C(=O)N=O. The van der Waals surface area contributed by atoms with Crippen molar-refractivity contribution in [2.75, 3.05) is 0 Å². The Morgan fingerprint density at radius 1 is 1.15 bits per heavy atom. The number of hydrogen-bond acceptors (Lipinski definition) is 6.